The van der Waals surface area contributed by atoms with Gasteiger partial charge < -0.3 is 10.1 Å². The maximum absolute atomic E-state index is 12.1. The number of esters is 1. The molecular formula is C17H17BrN2O3. The molecule has 0 radical (unpaired) electrons. The molecule has 120 valence electrons. The lowest BCUT2D eigenvalue weighted by Gasteiger charge is -2.13. The van der Waals surface area contributed by atoms with Crippen LogP contribution in [-0.4, -0.2) is 23.0 Å². The number of anilines is 1. The first-order valence-corrected chi connectivity index (χ1v) is 8.00. The highest BCUT2D eigenvalue weighted by atomic mass is 79.9. The molecule has 0 saturated heterocycles. The van der Waals surface area contributed by atoms with Crippen molar-refractivity contribution in [1.29, 1.82) is 0 Å². The first kappa shape index (κ1) is 17.1. The van der Waals surface area contributed by atoms with E-state index >= 15 is 0 Å². The van der Waals surface area contributed by atoms with Crippen molar-refractivity contribution in [2.24, 2.45) is 0 Å². The number of nitrogens with one attached hydrogen (secondary N) is 1. The molecule has 0 fully saturated rings. The van der Waals surface area contributed by atoms with Crippen molar-refractivity contribution in [3.8, 4) is 0 Å². The second-order valence-electron chi connectivity index (χ2n) is 4.98. The van der Waals surface area contributed by atoms with Gasteiger partial charge in [0, 0.05) is 22.6 Å². The Morgan fingerprint density at radius 3 is 2.57 bits per heavy atom. The number of pyridine rings is 1. The summed E-state index contributed by atoms with van der Waals surface area (Å²) in [6, 6.07) is 9.12. The fourth-order valence-electron chi connectivity index (χ4n) is 1.87. The normalized spacial score (nSPS) is 11.6. The van der Waals surface area contributed by atoms with Crippen LogP contribution in [0.1, 0.15) is 29.8 Å². The number of benzene rings is 1. The number of ether oxygens (including phenoxy) is 1. The van der Waals surface area contributed by atoms with Gasteiger partial charge in [-0.05, 0) is 53.0 Å². The van der Waals surface area contributed by atoms with Crippen LogP contribution in [0.2, 0.25) is 0 Å². The van der Waals surface area contributed by atoms with E-state index in [4.69, 9.17) is 4.74 Å². The second-order valence-corrected chi connectivity index (χ2v) is 5.89. The maximum Gasteiger partial charge on any atom is 0.340 e. The first-order valence-electron chi connectivity index (χ1n) is 7.21. The van der Waals surface area contributed by atoms with E-state index in [2.05, 4.69) is 33.2 Å². The summed E-state index contributed by atoms with van der Waals surface area (Å²) in [7, 11) is 0. The summed E-state index contributed by atoms with van der Waals surface area (Å²) in [4.78, 5) is 28.0. The van der Waals surface area contributed by atoms with E-state index in [0.717, 1.165) is 6.42 Å². The van der Waals surface area contributed by atoms with Crippen LogP contribution in [0.4, 0.5) is 5.69 Å². The predicted molar refractivity (Wildman–Crippen MR) is 91.3 cm³/mol. The first-order chi connectivity index (χ1) is 11.0. The van der Waals surface area contributed by atoms with E-state index in [1.165, 1.54) is 18.7 Å². The van der Waals surface area contributed by atoms with E-state index in [0.29, 0.717) is 10.2 Å². The van der Waals surface area contributed by atoms with Crippen LogP contribution in [0.25, 0.3) is 0 Å². The average molecular weight is 377 g/mol. The summed E-state index contributed by atoms with van der Waals surface area (Å²) in [5, 5.41) is 2.72. The van der Waals surface area contributed by atoms with Crippen LogP contribution < -0.4 is 5.32 Å². The van der Waals surface area contributed by atoms with E-state index in [1.807, 2.05) is 24.3 Å². The highest BCUT2D eigenvalue weighted by Crippen LogP contribution is 2.13. The third-order valence-corrected chi connectivity index (χ3v) is 3.66. The number of carbonyl (C=O) groups is 2. The number of hydrogen-bond donors (Lipinski definition) is 1. The maximum atomic E-state index is 12.1. The van der Waals surface area contributed by atoms with Gasteiger partial charge in [-0.3, -0.25) is 9.78 Å². The Morgan fingerprint density at radius 1 is 1.26 bits per heavy atom. The molecule has 1 unspecified atom stereocenters. The Labute approximate surface area is 143 Å². The fourth-order valence-corrected chi connectivity index (χ4v) is 2.24. The molecule has 0 aliphatic heterocycles. The molecule has 2 aromatic rings. The third kappa shape index (κ3) is 4.89. The number of carbonyl (C=O) groups excluding carboxylic acids is 2. The van der Waals surface area contributed by atoms with Crippen LogP contribution in [0, 0.1) is 0 Å². The molecule has 1 N–H and O–H groups in total. The van der Waals surface area contributed by atoms with Crippen LogP contribution >= 0.6 is 15.9 Å². The molecule has 0 spiro atoms. The van der Waals surface area contributed by atoms with E-state index < -0.39 is 12.1 Å². The molecule has 1 aromatic carbocycles. The molecule has 0 aliphatic carbocycles. The number of amides is 1. The summed E-state index contributed by atoms with van der Waals surface area (Å²) >= 11 is 3.23. The monoisotopic (exact) mass is 376 g/mol. The number of hydrogen-bond acceptors (Lipinski definition) is 4. The van der Waals surface area contributed by atoms with Gasteiger partial charge in [-0.25, -0.2) is 4.79 Å². The van der Waals surface area contributed by atoms with E-state index in [-0.39, 0.29) is 11.5 Å². The van der Waals surface area contributed by atoms with Crippen molar-refractivity contribution in [2.75, 3.05) is 5.32 Å². The van der Waals surface area contributed by atoms with Gasteiger partial charge in [-0.1, -0.05) is 19.1 Å². The van der Waals surface area contributed by atoms with Crippen molar-refractivity contribution in [3.63, 3.8) is 0 Å². The Kier molecular flexibility index (Phi) is 5.87. The zero-order valence-electron chi connectivity index (χ0n) is 12.9. The lowest BCUT2D eigenvalue weighted by molar-refractivity contribution is -0.123. The molecule has 6 heteroatoms. The van der Waals surface area contributed by atoms with Gasteiger partial charge >= 0.3 is 5.97 Å². The Balaban J connectivity index is 1.95. The molecule has 1 aromatic heterocycles. The highest BCUT2D eigenvalue weighted by Gasteiger charge is 2.19. The summed E-state index contributed by atoms with van der Waals surface area (Å²) in [5.74, 6) is -0.978. The van der Waals surface area contributed by atoms with E-state index in [1.54, 1.807) is 12.3 Å². The molecule has 0 bridgehead atoms. The van der Waals surface area contributed by atoms with Gasteiger partial charge in [0.15, 0.2) is 6.10 Å². The number of aromatic nitrogens is 1. The molecule has 5 nitrogen and oxygen atoms in total. The van der Waals surface area contributed by atoms with Gasteiger partial charge in [-0.2, -0.15) is 0 Å². The Bertz CT molecular complexity index is 701. The molecule has 1 atom stereocenters. The number of rotatable bonds is 5. The second kappa shape index (κ2) is 7.87. The minimum Gasteiger partial charge on any atom is -0.449 e. The van der Waals surface area contributed by atoms with E-state index in [9.17, 15) is 9.59 Å². The summed E-state index contributed by atoms with van der Waals surface area (Å²) in [6.45, 7) is 3.59. The molecule has 1 amide bonds. The lowest BCUT2D eigenvalue weighted by atomic mass is 10.1. The number of aryl methyl sites for hydroxylation is 1. The topological polar surface area (TPSA) is 68.3 Å². The molecule has 1 heterocycles. The van der Waals surface area contributed by atoms with Crippen molar-refractivity contribution in [2.45, 2.75) is 26.4 Å². The summed E-state index contributed by atoms with van der Waals surface area (Å²) in [6.07, 6.45) is 2.98. The van der Waals surface area contributed by atoms with Crippen LogP contribution in [-0.2, 0) is 16.0 Å². The zero-order chi connectivity index (χ0) is 16.8. The fraction of sp³-hybridized carbons (Fsp3) is 0.235. The van der Waals surface area contributed by atoms with Gasteiger partial charge in [-0.15, -0.1) is 0 Å². The molecule has 0 saturated carbocycles. The predicted octanol–water partition coefficient (Wildman–Crippen LogP) is 3.59. The van der Waals surface area contributed by atoms with Gasteiger partial charge in [0.2, 0.25) is 0 Å². The van der Waals surface area contributed by atoms with Gasteiger partial charge in [0.05, 0.1) is 5.56 Å². The lowest BCUT2D eigenvalue weighted by Crippen LogP contribution is -2.30. The standard InChI is InChI=1S/C17H17BrN2O3/c1-3-12-4-6-15(7-5-12)20-16(21)11(2)23-17(22)13-8-14(18)10-19-9-13/h4-11H,3H2,1-2H3,(H,20,21). The summed E-state index contributed by atoms with van der Waals surface area (Å²) in [5.41, 5.74) is 2.13. The Morgan fingerprint density at radius 2 is 1.96 bits per heavy atom. The molecule has 23 heavy (non-hydrogen) atoms. The van der Waals surface area contributed by atoms with Crippen LogP contribution in [0.5, 0.6) is 0 Å². The quantitative estimate of drug-likeness (QED) is 0.809. The molecular weight excluding hydrogens is 360 g/mol. The molecule has 2 rings (SSSR count). The minimum atomic E-state index is -0.910. The third-order valence-electron chi connectivity index (χ3n) is 3.22. The SMILES string of the molecule is CCc1ccc(NC(=O)C(C)OC(=O)c2cncc(Br)c2)cc1. The number of nitrogens with zero attached hydrogens (tertiary/aromatic N) is 1. The average Bonchev–Trinajstić information content (AvgIpc) is 2.55. The summed E-state index contributed by atoms with van der Waals surface area (Å²) < 4.78 is 5.83. The van der Waals surface area contributed by atoms with Crippen molar-refractivity contribution >= 4 is 33.5 Å². The van der Waals surface area contributed by atoms with Gasteiger partial charge in [0.25, 0.3) is 5.91 Å². The molecule has 0 aliphatic rings. The van der Waals surface area contributed by atoms with Crippen molar-refractivity contribution in [3.05, 3.63) is 58.3 Å². The smallest absolute Gasteiger partial charge is 0.340 e. The van der Waals surface area contributed by atoms with Gasteiger partial charge in [0.1, 0.15) is 0 Å². The zero-order valence-corrected chi connectivity index (χ0v) is 14.5. The van der Waals surface area contributed by atoms with Crippen molar-refractivity contribution < 1.29 is 14.3 Å². The van der Waals surface area contributed by atoms with Crippen LogP contribution in [0.3, 0.4) is 0 Å². The van der Waals surface area contributed by atoms with Crippen molar-refractivity contribution in [1.82, 2.24) is 4.98 Å². The Hall–Kier alpha value is -2.21. The highest BCUT2D eigenvalue weighted by molar-refractivity contribution is 9.10. The minimum absolute atomic E-state index is 0.284. The largest absolute Gasteiger partial charge is 0.449 e. The van der Waals surface area contributed by atoms with Crippen LogP contribution in [0.15, 0.2) is 47.2 Å². The number of halogens is 1.